The van der Waals surface area contributed by atoms with Crippen LogP contribution < -0.4 is 5.46 Å². The van der Waals surface area contributed by atoms with Gasteiger partial charge in [-0.15, -0.1) is 0 Å². The maximum Gasteiger partial charge on any atom is 0.498 e. The van der Waals surface area contributed by atoms with Gasteiger partial charge in [0.05, 0.1) is 16.9 Å². The Bertz CT molecular complexity index is 4190. The number of benzene rings is 8. The molecule has 8 aromatic carbocycles. The Kier molecular flexibility index (Phi) is 9.15. The lowest BCUT2D eigenvalue weighted by Crippen LogP contribution is -2.41. The van der Waals surface area contributed by atoms with Gasteiger partial charge in [-0.1, -0.05) is 103 Å². The second kappa shape index (κ2) is 16.7. The first-order valence-electron chi connectivity index (χ1n) is 25.7. The molecule has 0 saturated carbocycles. The smallest absolute Gasteiger partial charge is 0.456 e. The van der Waals surface area contributed by atoms with Gasteiger partial charge in [-0.2, -0.15) is 0 Å². The predicted octanol–water partition coefficient (Wildman–Crippen LogP) is 16.2. The average molecular weight is 960 g/mol. The van der Waals surface area contributed by atoms with Crippen molar-refractivity contribution >= 4 is 115 Å². The molecule has 1 fully saturated rings. The Hall–Kier alpha value is -6.84. The molecular formula is C60H50BBrN2O4. The largest absolute Gasteiger partial charge is 0.498 e. The molecule has 12 aromatic rings. The lowest BCUT2D eigenvalue weighted by atomic mass is 9.78. The SMILES string of the molecule is CC1(C)OB(c2cccc3c2oc2c3ccc3c4ccccc4ccc32)OC1(C)C.Cc1cnc(-c2cccc3c2oc2c3ccc3c4ccccc4ccc32)cc1C.[2H]C([2H])([2H])c1cnc(Br)cc1C([2H])([2H])[2H]. The molecule has 8 heteroatoms. The van der Waals surface area contributed by atoms with Crippen molar-refractivity contribution in [3.05, 3.63) is 185 Å². The molecular weight excluding hydrogens is 903 g/mol. The van der Waals surface area contributed by atoms with Crippen molar-refractivity contribution in [3.63, 3.8) is 0 Å². The summed E-state index contributed by atoms with van der Waals surface area (Å²) in [7, 11) is -0.452. The van der Waals surface area contributed by atoms with Crippen LogP contribution in [0, 0.1) is 27.6 Å². The number of hydrogen-bond acceptors (Lipinski definition) is 6. The normalized spacial score (nSPS) is 16.0. The molecule has 0 aliphatic carbocycles. The second-order valence-electron chi connectivity index (χ2n) is 18.6. The zero-order valence-electron chi connectivity index (χ0n) is 44.5. The predicted molar refractivity (Wildman–Crippen MR) is 287 cm³/mol. The van der Waals surface area contributed by atoms with Gasteiger partial charge in [0.15, 0.2) is 0 Å². The van der Waals surface area contributed by atoms with Crippen molar-refractivity contribution in [2.75, 3.05) is 0 Å². The van der Waals surface area contributed by atoms with Crippen LogP contribution in [0.15, 0.2) is 171 Å². The van der Waals surface area contributed by atoms with Crippen LogP contribution in [0.2, 0.25) is 0 Å². The summed E-state index contributed by atoms with van der Waals surface area (Å²) in [4.78, 5) is 8.40. The molecule has 68 heavy (non-hydrogen) atoms. The highest BCUT2D eigenvalue weighted by molar-refractivity contribution is 9.10. The quantitative estimate of drug-likeness (QED) is 0.0977. The summed E-state index contributed by atoms with van der Waals surface area (Å²) in [5.41, 5.74) is 7.76. The highest BCUT2D eigenvalue weighted by Crippen LogP contribution is 2.42. The number of fused-ring (bicyclic) bond motifs is 14. The van der Waals surface area contributed by atoms with Crippen LogP contribution in [0.3, 0.4) is 0 Å². The van der Waals surface area contributed by atoms with E-state index in [0.717, 1.165) is 77.6 Å². The van der Waals surface area contributed by atoms with E-state index in [-0.39, 0.29) is 11.1 Å². The van der Waals surface area contributed by atoms with Crippen LogP contribution >= 0.6 is 15.9 Å². The molecule has 6 nitrogen and oxygen atoms in total. The fourth-order valence-electron chi connectivity index (χ4n) is 9.27. The Balaban J connectivity index is 0.000000126. The maximum atomic E-state index is 7.23. The molecule has 0 N–H and O–H groups in total. The maximum absolute atomic E-state index is 7.23. The number of rotatable bonds is 2. The van der Waals surface area contributed by atoms with Gasteiger partial charge >= 0.3 is 7.12 Å². The van der Waals surface area contributed by atoms with Crippen LogP contribution in [0.5, 0.6) is 0 Å². The van der Waals surface area contributed by atoms with Gasteiger partial charge in [0.2, 0.25) is 0 Å². The number of pyridine rings is 2. The van der Waals surface area contributed by atoms with Gasteiger partial charge in [-0.25, -0.2) is 4.98 Å². The van der Waals surface area contributed by atoms with E-state index in [1.165, 1.54) is 49.5 Å². The molecule has 0 atom stereocenters. The van der Waals surface area contributed by atoms with Gasteiger partial charge < -0.3 is 18.1 Å². The highest BCUT2D eigenvalue weighted by Gasteiger charge is 2.52. The first kappa shape index (κ1) is 37.2. The summed E-state index contributed by atoms with van der Waals surface area (Å²) < 4.78 is 69.3. The van der Waals surface area contributed by atoms with Gasteiger partial charge in [-0.05, 0) is 168 Å². The molecule has 0 bridgehead atoms. The van der Waals surface area contributed by atoms with Crippen molar-refractivity contribution in [2.24, 2.45) is 0 Å². The topological polar surface area (TPSA) is 70.5 Å². The molecule has 0 spiro atoms. The zero-order chi connectivity index (χ0) is 52.1. The number of halogens is 1. The molecule has 5 heterocycles. The third kappa shape index (κ3) is 7.43. The number of aryl methyl sites for hydroxylation is 4. The van der Waals surface area contributed by atoms with Crippen LogP contribution in [0.4, 0.5) is 0 Å². The first-order chi connectivity index (χ1) is 35.2. The molecule has 0 radical (unpaired) electrons. The fraction of sp³-hybridized carbons (Fsp3) is 0.167. The third-order valence-corrected chi connectivity index (χ3v) is 14.3. The summed E-state index contributed by atoms with van der Waals surface area (Å²) >= 11 is 3.01. The lowest BCUT2D eigenvalue weighted by Gasteiger charge is -2.32. The van der Waals surface area contributed by atoms with E-state index >= 15 is 0 Å². The Morgan fingerprint density at radius 2 is 0.941 bits per heavy atom. The minimum absolute atomic E-state index is 0.190. The van der Waals surface area contributed by atoms with E-state index in [4.69, 9.17) is 26.4 Å². The number of para-hydroxylation sites is 2. The minimum Gasteiger partial charge on any atom is -0.456 e. The molecule has 1 aliphatic rings. The van der Waals surface area contributed by atoms with Crippen molar-refractivity contribution < 1.29 is 26.4 Å². The summed E-state index contributed by atoms with van der Waals surface area (Å²) in [6.45, 7) is 7.60. The summed E-state index contributed by atoms with van der Waals surface area (Å²) in [5, 5.41) is 14.2. The molecule has 13 rings (SSSR count). The van der Waals surface area contributed by atoms with E-state index in [2.05, 4.69) is 201 Å². The van der Waals surface area contributed by atoms with Gasteiger partial charge in [-0.3, -0.25) is 4.98 Å². The van der Waals surface area contributed by atoms with Crippen LogP contribution in [-0.4, -0.2) is 28.3 Å². The van der Waals surface area contributed by atoms with Crippen molar-refractivity contribution in [2.45, 2.75) is 66.4 Å². The Morgan fingerprint density at radius 1 is 0.456 bits per heavy atom. The monoisotopic (exact) mass is 958 g/mol. The van der Waals surface area contributed by atoms with Gasteiger partial charge in [0, 0.05) is 64.0 Å². The Morgan fingerprint density at radius 3 is 1.54 bits per heavy atom. The van der Waals surface area contributed by atoms with Crippen molar-refractivity contribution in [1.29, 1.82) is 0 Å². The first-order valence-corrected chi connectivity index (χ1v) is 23.4. The Labute approximate surface area is 412 Å². The van der Waals surface area contributed by atoms with Gasteiger partial charge in [0.1, 0.15) is 26.9 Å². The number of hydrogen-bond donors (Lipinski definition) is 0. The number of aromatic nitrogens is 2. The fourth-order valence-corrected chi connectivity index (χ4v) is 9.60. The van der Waals surface area contributed by atoms with Gasteiger partial charge in [0.25, 0.3) is 0 Å². The number of nitrogens with zero attached hydrogens (tertiary/aromatic N) is 2. The van der Waals surface area contributed by atoms with Crippen LogP contribution in [-0.2, 0) is 9.31 Å². The second-order valence-corrected chi connectivity index (χ2v) is 19.4. The summed E-state index contributed by atoms with van der Waals surface area (Å²) in [5.74, 6) is 0. The molecule has 1 aliphatic heterocycles. The van der Waals surface area contributed by atoms with E-state index in [1.807, 2.05) is 12.3 Å². The number of furan rings is 2. The lowest BCUT2D eigenvalue weighted by molar-refractivity contribution is 0.00578. The van der Waals surface area contributed by atoms with Crippen LogP contribution in [0.25, 0.3) is 98.2 Å². The highest BCUT2D eigenvalue weighted by atomic mass is 79.9. The minimum atomic E-state index is -2.46. The third-order valence-electron chi connectivity index (χ3n) is 13.8. The zero-order valence-corrected chi connectivity index (χ0v) is 40.1. The molecule has 0 amide bonds. The average Bonchev–Trinajstić information content (AvgIpc) is 4.02. The van der Waals surface area contributed by atoms with E-state index in [0.29, 0.717) is 4.60 Å². The van der Waals surface area contributed by atoms with E-state index in [1.54, 1.807) is 0 Å². The summed E-state index contributed by atoms with van der Waals surface area (Å²) in [6, 6.07) is 50.3. The van der Waals surface area contributed by atoms with Crippen LogP contribution in [0.1, 0.15) is 58.2 Å². The van der Waals surface area contributed by atoms with E-state index in [9.17, 15) is 0 Å². The molecule has 0 unspecified atom stereocenters. The molecule has 4 aromatic heterocycles. The van der Waals surface area contributed by atoms with Crippen molar-refractivity contribution in [3.8, 4) is 11.3 Å². The molecule has 1 saturated heterocycles. The molecule has 334 valence electrons. The standard InChI is InChI=1S/C27H19NO.C26H23BO3.C7H8BrN/c1-16-14-25(28-15-17(16)2)24-9-5-8-21-23-13-12-20-19-7-4-3-6-18(19)10-11-22(20)26(23)29-27(21)24;1-25(2)26(3,4)30-27(29-25)22-11-7-10-19-21-15-14-18-17-9-6-5-8-16(17)12-13-20(18)23(21)28-24(19)22;1-5-3-7(8)9-4-6(5)2/h3-15H,1-2H3;5-15H,1-4H3;3-4H,1-2H3/i;;1D3,2D3. The van der Waals surface area contributed by atoms with E-state index < -0.39 is 32.0 Å². The van der Waals surface area contributed by atoms with Crippen molar-refractivity contribution in [1.82, 2.24) is 9.97 Å². The summed E-state index contributed by atoms with van der Waals surface area (Å²) in [6.07, 6.45) is 3.01.